The maximum absolute atomic E-state index is 5.62. The van der Waals surface area contributed by atoms with Crippen molar-refractivity contribution in [1.29, 1.82) is 0 Å². The van der Waals surface area contributed by atoms with Gasteiger partial charge in [-0.2, -0.15) is 0 Å². The monoisotopic (exact) mass is 232 g/mol. The molecule has 0 atom stereocenters. The first kappa shape index (κ1) is 10.1. The Labute approximate surface area is 102 Å². The van der Waals surface area contributed by atoms with Gasteiger partial charge in [-0.15, -0.1) is 5.10 Å². The normalized spacial score (nSPS) is 43.2. The van der Waals surface area contributed by atoms with E-state index in [1.165, 1.54) is 32.1 Å². The molecule has 1 aromatic heterocycles. The second-order valence-corrected chi connectivity index (χ2v) is 6.32. The van der Waals surface area contributed by atoms with E-state index in [0.29, 0.717) is 12.6 Å². The smallest absolute Gasteiger partial charge is 0.0962 e. The van der Waals surface area contributed by atoms with E-state index >= 15 is 0 Å². The number of hydrogen-bond acceptors (Lipinski definition) is 3. The molecule has 4 heteroatoms. The predicted molar refractivity (Wildman–Crippen MR) is 64.0 cm³/mol. The van der Waals surface area contributed by atoms with E-state index in [4.69, 9.17) is 5.73 Å². The minimum absolute atomic E-state index is 0.507. The van der Waals surface area contributed by atoms with E-state index < -0.39 is 0 Å². The van der Waals surface area contributed by atoms with Crippen molar-refractivity contribution in [2.45, 2.75) is 44.7 Å². The first-order valence-electron chi connectivity index (χ1n) is 6.94. The first-order chi connectivity index (χ1) is 8.33. The van der Waals surface area contributed by atoms with Crippen LogP contribution < -0.4 is 5.73 Å². The third-order valence-corrected chi connectivity index (χ3v) is 5.25. The topological polar surface area (TPSA) is 56.7 Å². The Balaban J connectivity index is 1.65. The summed E-state index contributed by atoms with van der Waals surface area (Å²) < 4.78 is 2.13. The Morgan fingerprint density at radius 3 is 2.29 bits per heavy atom. The molecular formula is C13H20N4. The van der Waals surface area contributed by atoms with Gasteiger partial charge in [0.15, 0.2) is 0 Å². The number of nitrogens with two attached hydrogens (primary N) is 1. The minimum atomic E-state index is 0.507. The molecule has 2 N–H and O–H groups in total. The second kappa shape index (κ2) is 3.55. The lowest BCUT2D eigenvalue weighted by molar-refractivity contribution is -0.0342. The summed E-state index contributed by atoms with van der Waals surface area (Å²) in [6.07, 6.45) is 9.29. The number of nitrogens with zero attached hydrogens (tertiary/aromatic N) is 3. The summed E-state index contributed by atoms with van der Waals surface area (Å²) in [6.45, 7) is 0.507. The molecule has 0 aromatic carbocycles. The SMILES string of the molecule is NCc1cn(C2C3CC4CC(C3)CC2C4)nn1. The summed E-state index contributed by atoms with van der Waals surface area (Å²) in [7, 11) is 0. The molecule has 4 saturated carbocycles. The molecule has 0 saturated heterocycles. The second-order valence-electron chi connectivity index (χ2n) is 6.32. The molecule has 1 aromatic rings. The highest BCUT2D eigenvalue weighted by Crippen LogP contribution is 2.57. The van der Waals surface area contributed by atoms with Crippen LogP contribution >= 0.6 is 0 Å². The molecule has 4 aliphatic rings. The van der Waals surface area contributed by atoms with Crippen LogP contribution in [0.2, 0.25) is 0 Å². The first-order valence-corrected chi connectivity index (χ1v) is 6.94. The molecule has 4 nitrogen and oxygen atoms in total. The molecule has 0 aliphatic heterocycles. The van der Waals surface area contributed by atoms with Crippen molar-refractivity contribution in [3.63, 3.8) is 0 Å². The predicted octanol–water partition coefficient (Wildman–Crippen LogP) is 1.73. The van der Waals surface area contributed by atoms with Crippen molar-refractivity contribution in [1.82, 2.24) is 15.0 Å². The Bertz CT molecular complexity index is 397. The van der Waals surface area contributed by atoms with Crippen molar-refractivity contribution in [2.24, 2.45) is 29.4 Å². The lowest BCUT2D eigenvalue weighted by atomic mass is 9.54. The van der Waals surface area contributed by atoms with E-state index in [2.05, 4.69) is 21.2 Å². The van der Waals surface area contributed by atoms with Crippen molar-refractivity contribution >= 4 is 0 Å². The van der Waals surface area contributed by atoms with Gasteiger partial charge >= 0.3 is 0 Å². The largest absolute Gasteiger partial charge is 0.325 e. The molecule has 17 heavy (non-hydrogen) atoms. The van der Waals surface area contributed by atoms with E-state index in [-0.39, 0.29) is 0 Å². The van der Waals surface area contributed by atoms with Crippen LogP contribution in [-0.4, -0.2) is 15.0 Å². The molecule has 92 valence electrons. The van der Waals surface area contributed by atoms with Crippen LogP contribution in [0.5, 0.6) is 0 Å². The highest BCUT2D eigenvalue weighted by molar-refractivity contribution is 5.02. The summed E-state index contributed by atoms with van der Waals surface area (Å²) in [6, 6.07) is 0.621. The summed E-state index contributed by atoms with van der Waals surface area (Å²) in [5.41, 5.74) is 6.55. The fraction of sp³-hybridized carbons (Fsp3) is 0.846. The molecule has 4 bridgehead atoms. The van der Waals surface area contributed by atoms with Gasteiger partial charge in [0.25, 0.3) is 0 Å². The van der Waals surface area contributed by atoms with Crippen molar-refractivity contribution in [3.05, 3.63) is 11.9 Å². The molecule has 0 spiro atoms. The van der Waals surface area contributed by atoms with Gasteiger partial charge in [-0.1, -0.05) is 5.21 Å². The number of hydrogen-bond donors (Lipinski definition) is 1. The summed E-state index contributed by atoms with van der Waals surface area (Å²) in [5.74, 6) is 3.76. The highest BCUT2D eigenvalue weighted by Gasteiger charge is 2.49. The minimum Gasteiger partial charge on any atom is -0.325 e. The van der Waals surface area contributed by atoms with Crippen LogP contribution in [0.4, 0.5) is 0 Å². The molecule has 4 aliphatic carbocycles. The van der Waals surface area contributed by atoms with Crippen LogP contribution in [0.25, 0.3) is 0 Å². The van der Waals surface area contributed by atoms with E-state index in [9.17, 15) is 0 Å². The Hall–Kier alpha value is -0.900. The molecule has 1 heterocycles. The van der Waals surface area contributed by atoms with Crippen molar-refractivity contribution in [3.8, 4) is 0 Å². The van der Waals surface area contributed by atoms with Gasteiger partial charge in [-0.3, -0.25) is 0 Å². The average molecular weight is 232 g/mol. The summed E-state index contributed by atoms with van der Waals surface area (Å²) >= 11 is 0. The molecule has 4 fully saturated rings. The molecule has 5 rings (SSSR count). The summed E-state index contributed by atoms with van der Waals surface area (Å²) in [5, 5.41) is 8.48. The third kappa shape index (κ3) is 1.46. The Kier molecular flexibility index (Phi) is 2.10. The lowest BCUT2D eigenvalue weighted by Crippen LogP contribution is -2.46. The van der Waals surface area contributed by atoms with Crippen LogP contribution in [-0.2, 0) is 6.54 Å². The van der Waals surface area contributed by atoms with Gasteiger partial charge in [0.05, 0.1) is 17.9 Å². The zero-order valence-electron chi connectivity index (χ0n) is 10.1. The van der Waals surface area contributed by atoms with Gasteiger partial charge < -0.3 is 5.73 Å². The van der Waals surface area contributed by atoms with Crippen LogP contribution in [0.3, 0.4) is 0 Å². The molecule has 0 amide bonds. The quantitative estimate of drug-likeness (QED) is 0.845. The standard InChI is InChI=1S/C13H20N4/c14-6-12-7-17(16-15-12)13-10-2-8-1-9(4-10)5-11(13)3-8/h7-11,13H,1-6,14H2. The van der Waals surface area contributed by atoms with E-state index in [1.807, 2.05) is 0 Å². The third-order valence-electron chi connectivity index (χ3n) is 5.25. The lowest BCUT2D eigenvalue weighted by Gasteiger charge is -2.54. The van der Waals surface area contributed by atoms with Crippen LogP contribution in [0.1, 0.15) is 43.8 Å². The zero-order valence-corrected chi connectivity index (χ0v) is 10.1. The maximum Gasteiger partial charge on any atom is 0.0962 e. The molecule has 0 radical (unpaired) electrons. The molecule has 0 unspecified atom stereocenters. The number of rotatable bonds is 2. The van der Waals surface area contributed by atoms with Crippen molar-refractivity contribution < 1.29 is 0 Å². The van der Waals surface area contributed by atoms with Crippen LogP contribution in [0, 0.1) is 23.7 Å². The fourth-order valence-corrected chi connectivity index (χ4v) is 4.88. The van der Waals surface area contributed by atoms with Crippen molar-refractivity contribution in [2.75, 3.05) is 0 Å². The fourth-order valence-electron chi connectivity index (χ4n) is 4.88. The van der Waals surface area contributed by atoms with Gasteiger partial charge in [0.1, 0.15) is 0 Å². The average Bonchev–Trinajstić information content (AvgIpc) is 2.76. The van der Waals surface area contributed by atoms with Crippen LogP contribution in [0.15, 0.2) is 6.20 Å². The zero-order chi connectivity index (χ0) is 11.4. The molecular weight excluding hydrogens is 212 g/mol. The van der Waals surface area contributed by atoms with Gasteiger partial charge in [-0.05, 0) is 55.8 Å². The Morgan fingerprint density at radius 2 is 1.76 bits per heavy atom. The maximum atomic E-state index is 5.62. The van der Waals surface area contributed by atoms with Gasteiger partial charge in [-0.25, -0.2) is 4.68 Å². The van der Waals surface area contributed by atoms with E-state index in [0.717, 1.165) is 29.4 Å². The van der Waals surface area contributed by atoms with E-state index in [1.54, 1.807) is 0 Å². The van der Waals surface area contributed by atoms with Gasteiger partial charge in [0.2, 0.25) is 0 Å². The highest BCUT2D eigenvalue weighted by atomic mass is 15.4. The Morgan fingerprint density at radius 1 is 1.12 bits per heavy atom. The van der Waals surface area contributed by atoms with Gasteiger partial charge in [0, 0.05) is 6.54 Å². The number of aromatic nitrogens is 3. The summed E-state index contributed by atoms with van der Waals surface area (Å²) in [4.78, 5) is 0.